The number of hydrogen-bond acceptors (Lipinski definition) is 5. The van der Waals surface area contributed by atoms with Gasteiger partial charge in [0.1, 0.15) is 5.76 Å². The van der Waals surface area contributed by atoms with Crippen LogP contribution in [0.15, 0.2) is 76.5 Å². The fraction of sp³-hybridized carbons (Fsp3) is 0.174. The van der Waals surface area contributed by atoms with Crippen LogP contribution in [0, 0.1) is 13.8 Å². The molecular weight excluding hydrogens is 396 g/mol. The van der Waals surface area contributed by atoms with Crippen LogP contribution in [0.4, 0.5) is 5.69 Å². The molecule has 4 aromatic rings. The van der Waals surface area contributed by atoms with Gasteiger partial charge in [-0.2, -0.15) is 0 Å². The topological polar surface area (TPSA) is 73.0 Å². The minimum atomic E-state index is -0.0791. The molecule has 0 bridgehead atoms. The predicted octanol–water partition coefficient (Wildman–Crippen LogP) is 4.93. The summed E-state index contributed by atoms with van der Waals surface area (Å²) in [6, 6.07) is 19.7. The Hall–Kier alpha value is -3.32. The zero-order valence-corrected chi connectivity index (χ0v) is 17.6. The van der Waals surface area contributed by atoms with E-state index in [1.54, 1.807) is 6.26 Å². The van der Waals surface area contributed by atoms with Gasteiger partial charge in [0.25, 0.3) is 0 Å². The van der Waals surface area contributed by atoms with Gasteiger partial charge in [0, 0.05) is 5.69 Å². The molecule has 0 fully saturated rings. The van der Waals surface area contributed by atoms with Gasteiger partial charge in [-0.1, -0.05) is 60.3 Å². The molecule has 7 heteroatoms. The van der Waals surface area contributed by atoms with Crippen LogP contribution in [0.5, 0.6) is 0 Å². The van der Waals surface area contributed by atoms with E-state index < -0.39 is 0 Å². The first-order valence-electron chi connectivity index (χ1n) is 9.61. The number of carbonyl (C=O) groups is 1. The number of amides is 1. The molecule has 0 aliphatic heterocycles. The Morgan fingerprint density at radius 2 is 1.80 bits per heavy atom. The van der Waals surface area contributed by atoms with Crippen molar-refractivity contribution in [3.05, 3.63) is 83.8 Å². The van der Waals surface area contributed by atoms with Crippen LogP contribution in [0.3, 0.4) is 0 Å². The average molecular weight is 419 g/mol. The number of para-hydroxylation sites is 1. The van der Waals surface area contributed by atoms with Crippen molar-refractivity contribution < 1.29 is 9.21 Å². The maximum atomic E-state index is 12.5. The highest BCUT2D eigenvalue weighted by Crippen LogP contribution is 2.28. The molecule has 152 valence electrons. The predicted molar refractivity (Wildman–Crippen MR) is 119 cm³/mol. The number of furan rings is 1. The normalized spacial score (nSPS) is 10.9. The van der Waals surface area contributed by atoms with Crippen LogP contribution >= 0.6 is 11.8 Å². The third kappa shape index (κ3) is 4.46. The fourth-order valence-corrected chi connectivity index (χ4v) is 3.89. The number of carbonyl (C=O) groups excluding carboxylic acids is 1. The number of anilines is 1. The van der Waals surface area contributed by atoms with Gasteiger partial charge in [-0.25, -0.2) is 0 Å². The van der Waals surface area contributed by atoms with Gasteiger partial charge in [0.2, 0.25) is 5.91 Å². The molecule has 0 atom stereocenters. The van der Waals surface area contributed by atoms with Crippen molar-refractivity contribution in [1.82, 2.24) is 14.8 Å². The van der Waals surface area contributed by atoms with Crippen LogP contribution in [0.25, 0.3) is 11.4 Å². The molecule has 2 aromatic heterocycles. The van der Waals surface area contributed by atoms with Crippen LogP contribution < -0.4 is 5.32 Å². The molecule has 30 heavy (non-hydrogen) atoms. The highest BCUT2D eigenvalue weighted by molar-refractivity contribution is 7.99. The molecule has 1 amide bonds. The lowest BCUT2D eigenvalue weighted by molar-refractivity contribution is -0.113. The number of nitrogens with zero attached hydrogens (tertiary/aromatic N) is 3. The zero-order chi connectivity index (χ0) is 20.9. The molecule has 4 rings (SSSR count). The fourth-order valence-electron chi connectivity index (χ4n) is 3.15. The third-order valence-corrected chi connectivity index (χ3v) is 5.72. The maximum Gasteiger partial charge on any atom is 0.234 e. The lowest BCUT2D eigenvalue weighted by atomic mass is 10.2. The first-order chi connectivity index (χ1) is 14.6. The third-order valence-electron chi connectivity index (χ3n) is 4.75. The van der Waals surface area contributed by atoms with E-state index in [1.165, 1.54) is 11.8 Å². The molecular formula is C23H22N4O2S. The molecule has 0 unspecified atom stereocenters. The number of aromatic nitrogens is 3. The Bertz CT molecular complexity index is 1150. The average Bonchev–Trinajstić information content (AvgIpc) is 3.34. The van der Waals surface area contributed by atoms with Crippen molar-refractivity contribution >= 4 is 23.4 Å². The number of aryl methyl sites for hydroxylation is 2. The largest absolute Gasteiger partial charge is 0.469 e. The molecule has 0 radical (unpaired) electrons. The molecule has 1 N–H and O–H groups in total. The molecule has 6 nitrogen and oxygen atoms in total. The van der Waals surface area contributed by atoms with Gasteiger partial charge in [0.05, 0.1) is 24.1 Å². The van der Waals surface area contributed by atoms with Gasteiger partial charge in [0.15, 0.2) is 11.0 Å². The molecule has 0 saturated heterocycles. The Morgan fingerprint density at radius 1 is 1.03 bits per heavy atom. The highest BCUT2D eigenvalue weighted by atomic mass is 32.2. The number of rotatable bonds is 7. The van der Waals surface area contributed by atoms with Crippen LogP contribution in [0.1, 0.15) is 16.9 Å². The van der Waals surface area contributed by atoms with Crippen LogP contribution in [-0.4, -0.2) is 26.4 Å². The Morgan fingerprint density at radius 3 is 2.53 bits per heavy atom. The lowest BCUT2D eigenvalue weighted by Crippen LogP contribution is -2.15. The van der Waals surface area contributed by atoms with E-state index in [0.29, 0.717) is 11.7 Å². The quantitative estimate of drug-likeness (QED) is 0.431. The monoisotopic (exact) mass is 418 g/mol. The molecule has 0 aliphatic carbocycles. The summed E-state index contributed by atoms with van der Waals surface area (Å²) in [5.74, 6) is 1.67. The van der Waals surface area contributed by atoms with Gasteiger partial charge in [-0.15, -0.1) is 10.2 Å². The Kier molecular flexibility index (Phi) is 5.99. The van der Waals surface area contributed by atoms with E-state index in [2.05, 4.69) is 27.6 Å². The number of nitrogens with one attached hydrogen (secondary N) is 1. The summed E-state index contributed by atoms with van der Waals surface area (Å²) < 4.78 is 7.48. The summed E-state index contributed by atoms with van der Waals surface area (Å²) in [6.45, 7) is 4.48. The van der Waals surface area contributed by atoms with Crippen LogP contribution in [0.2, 0.25) is 0 Å². The summed E-state index contributed by atoms with van der Waals surface area (Å²) in [7, 11) is 0. The van der Waals surface area contributed by atoms with Gasteiger partial charge in [-0.3, -0.25) is 9.36 Å². The smallest absolute Gasteiger partial charge is 0.234 e. The maximum absolute atomic E-state index is 12.5. The summed E-state index contributed by atoms with van der Waals surface area (Å²) in [6.07, 6.45) is 1.65. The Labute approximate surface area is 179 Å². The molecule has 0 saturated carbocycles. The van der Waals surface area contributed by atoms with Crippen molar-refractivity contribution in [3.63, 3.8) is 0 Å². The second kappa shape index (κ2) is 9.00. The van der Waals surface area contributed by atoms with E-state index in [0.717, 1.165) is 34.0 Å². The highest BCUT2D eigenvalue weighted by Gasteiger charge is 2.19. The van der Waals surface area contributed by atoms with E-state index >= 15 is 0 Å². The standard InChI is InChI=1S/C23H22N4O2S/c1-16-8-6-7-11-20(16)24-21(28)15-30-23-26-25-22(19-12-13-29-17(19)2)27(23)14-18-9-4-3-5-10-18/h3-13H,14-15H2,1-2H3,(H,24,28). The molecule has 0 aliphatic rings. The van der Waals surface area contributed by atoms with Crippen LogP contribution in [-0.2, 0) is 11.3 Å². The SMILES string of the molecule is Cc1ccccc1NC(=O)CSc1nnc(-c2ccoc2C)n1Cc1ccccc1. The van der Waals surface area contributed by atoms with E-state index in [1.807, 2.05) is 66.9 Å². The minimum absolute atomic E-state index is 0.0791. The van der Waals surface area contributed by atoms with Crippen molar-refractivity contribution in [2.24, 2.45) is 0 Å². The lowest BCUT2D eigenvalue weighted by Gasteiger charge is -2.11. The zero-order valence-electron chi connectivity index (χ0n) is 16.8. The Balaban J connectivity index is 1.55. The van der Waals surface area contributed by atoms with Crippen molar-refractivity contribution in [2.45, 2.75) is 25.5 Å². The molecule has 2 aromatic carbocycles. The summed E-state index contributed by atoms with van der Waals surface area (Å²) in [4.78, 5) is 12.5. The summed E-state index contributed by atoms with van der Waals surface area (Å²) >= 11 is 1.37. The first-order valence-corrected chi connectivity index (χ1v) is 10.6. The van der Waals surface area contributed by atoms with E-state index in [4.69, 9.17) is 4.42 Å². The number of benzene rings is 2. The van der Waals surface area contributed by atoms with Crippen molar-refractivity contribution in [3.8, 4) is 11.4 Å². The molecule has 0 spiro atoms. The second-order valence-corrected chi connectivity index (χ2v) is 7.86. The summed E-state index contributed by atoms with van der Waals surface area (Å²) in [5, 5.41) is 12.4. The van der Waals surface area contributed by atoms with Gasteiger partial charge >= 0.3 is 0 Å². The molecule has 2 heterocycles. The number of thioether (sulfide) groups is 1. The van der Waals surface area contributed by atoms with Gasteiger partial charge in [-0.05, 0) is 37.1 Å². The summed E-state index contributed by atoms with van der Waals surface area (Å²) in [5.41, 5.74) is 3.88. The van der Waals surface area contributed by atoms with E-state index in [-0.39, 0.29) is 11.7 Å². The first kappa shape index (κ1) is 20.0. The van der Waals surface area contributed by atoms with Crippen molar-refractivity contribution in [2.75, 3.05) is 11.1 Å². The van der Waals surface area contributed by atoms with Gasteiger partial charge < -0.3 is 9.73 Å². The van der Waals surface area contributed by atoms with E-state index in [9.17, 15) is 4.79 Å². The second-order valence-electron chi connectivity index (χ2n) is 6.92. The number of hydrogen-bond donors (Lipinski definition) is 1. The van der Waals surface area contributed by atoms with Crippen molar-refractivity contribution in [1.29, 1.82) is 0 Å². The minimum Gasteiger partial charge on any atom is -0.469 e.